The molecule has 0 radical (unpaired) electrons. The van der Waals surface area contributed by atoms with Crippen molar-refractivity contribution in [3.8, 4) is 0 Å². The first-order valence-corrected chi connectivity index (χ1v) is 3.95. The SMILES string of the molecule is NC1CC(C(=O)O)N(CC(=O)O)C1. The summed E-state index contributed by atoms with van der Waals surface area (Å²) in [4.78, 5) is 22.4. The minimum absolute atomic E-state index is 0.236. The summed E-state index contributed by atoms with van der Waals surface area (Å²) in [5, 5.41) is 17.2. The normalized spacial score (nSPS) is 29.0. The highest BCUT2D eigenvalue weighted by molar-refractivity contribution is 5.76. The molecule has 0 aliphatic carbocycles. The molecule has 0 bridgehead atoms. The van der Waals surface area contributed by atoms with Crippen LogP contribution in [0.2, 0.25) is 0 Å². The van der Waals surface area contributed by atoms with Gasteiger partial charge < -0.3 is 15.9 Å². The number of carbonyl (C=O) groups is 2. The maximum atomic E-state index is 10.6. The molecule has 1 rings (SSSR count). The van der Waals surface area contributed by atoms with E-state index in [2.05, 4.69) is 0 Å². The molecule has 2 unspecified atom stereocenters. The van der Waals surface area contributed by atoms with Crippen molar-refractivity contribution in [3.05, 3.63) is 0 Å². The predicted molar refractivity (Wildman–Crippen MR) is 43.2 cm³/mol. The summed E-state index contributed by atoms with van der Waals surface area (Å²) < 4.78 is 0. The lowest BCUT2D eigenvalue weighted by atomic mass is 10.2. The van der Waals surface area contributed by atoms with Crippen molar-refractivity contribution in [2.24, 2.45) is 5.73 Å². The van der Waals surface area contributed by atoms with Gasteiger partial charge in [0.05, 0.1) is 6.54 Å². The lowest BCUT2D eigenvalue weighted by Crippen LogP contribution is -2.39. The van der Waals surface area contributed by atoms with E-state index in [0.29, 0.717) is 13.0 Å². The zero-order valence-electron chi connectivity index (χ0n) is 7.01. The van der Waals surface area contributed by atoms with Gasteiger partial charge in [-0.25, -0.2) is 0 Å². The van der Waals surface area contributed by atoms with Crippen LogP contribution >= 0.6 is 0 Å². The Morgan fingerprint density at radius 2 is 2.08 bits per heavy atom. The first-order chi connectivity index (χ1) is 6.00. The fraction of sp³-hybridized carbons (Fsp3) is 0.714. The minimum atomic E-state index is -1.03. The Morgan fingerprint density at radius 1 is 1.46 bits per heavy atom. The Balaban J connectivity index is 2.60. The number of likely N-dealkylation sites (tertiary alicyclic amines) is 1. The molecule has 1 aliphatic rings. The maximum Gasteiger partial charge on any atom is 0.320 e. The molecule has 6 nitrogen and oxygen atoms in total. The quantitative estimate of drug-likeness (QED) is 0.501. The molecule has 1 fully saturated rings. The van der Waals surface area contributed by atoms with Gasteiger partial charge in [0.25, 0.3) is 0 Å². The Kier molecular flexibility index (Phi) is 2.84. The van der Waals surface area contributed by atoms with Crippen molar-refractivity contribution in [3.63, 3.8) is 0 Å². The third-order valence-corrected chi connectivity index (χ3v) is 2.06. The van der Waals surface area contributed by atoms with Crippen LogP contribution in [0.1, 0.15) is 6.42 Å². The third-order valence-electron chi connectivity index (χ3n) is 2.06. The molecule has 0 amide bonds. The van der Waals surface area contributed by atoms with Gasteiger partial charge in [-0.2, -0.15) is 0 Å². The Labute approximate surface area is 74.9 Å². The second-order valence-electron chi connectivity index (χ2n) is 3.17. The van der Waals surface area contributed by atoms with Crippen molar-refractivity contribution in [1.82, 2.24) is 4.90 Å². The molecule has 0 aromatic heterocycles. The van der Waals surface area contributed by atoms with Crippen LogP contribution in [-0.2, 0) is 9.59 Å². The van der Waals surface area contributed by atoms with Crippen LogP contribution in [0.3, 0.4) is 0 Å². The minimum Gasteiger partial charge on any atom is -0.480 e. The van der Waals surface area contributed by atoms with Crippen molar-refractivity contribution in [2.75, 3.05) is 13.1 Å². The van der Waals surface area contributed by atoms with E-state index in [1.807, 2.05) is 0 Å². The molecule has 74 valence electrons. The Hall–Kier alpha value is -1.14. The molecule has 2 atom stereocenters. The number of hydrogen-bond acceptors (Lipinski definition) is 4. The molecule has 1 heterocycles. The number of hydrogen-bond donors (Lipinski definition) is 3. The summed E-state index contributed by atoms with van der Waals surface area (Å²) in [7, 11) is 0. The molecule has 0 spiro atoms. The van der Waals surface area contributed by atoms with Gasteiger partial charge in [-0.1, -0.05) is 0 Å². The number of carboxylic acid groups (broad SMARTS) is 2. The second kappa shape index (κ2) is 3.71. The fourth-order valence-corrected chi connectivity index (χ4v) is 1.54. The van der Waals surface area contributed by atoms with E-state index in [1.165, 1.54) is 4.90 Å². The molecule has 0 aromatic carbocycles. The number of nitrogens with zero attached hydrogens (tertiary/aromatic N) is 1. The summed E-state index contributed by atoms with van der Waals surface area (Å²) in [5.74, 6) is -2.03. The summed E-state index contributed by atoms with van der Waals surface area (Å²) in [5.41, 5.74) is 5.53. The van der Waals surface area contributed by atoms with Crippen LogP contribution in [0, 0.1) is 0 Å². The lowest BCUT2D eigenvalue weighted by molar-refractivity contribution is -0.144. The number of rotatable bonds is 3. The van der Waals surface area contributed by atoms with Crippen molar-refractivity contribution >= 4 is 11.9 Å². The largest absolute Gasteiger partial charge is 0.480 e. The van der Waals surface area contributed by atoms with Gasteiger partial charge in [-0.05, 0) is 6.42 Å². The first-order valence-electron chi connectivity index (χ1n) is 3.95. The van der Waals surface area contributed by atoms with E-state index in [0.717, 1.165) is 0 Å². The molecule has 1 aliphatic heterocycles. The summed E-state index contributed by atoms with van der Waals surface area (Å²) in [6, 6.07) is -0.980. The van der Waals surface area contributed by atoms with Crippen LogP contribution < -0.4 is 5.73 Å². The van der Waals surface area contributed by atoms with Gasteiger partial charge in [-0.15, -0.1) is 0 Å². The van der Waals surface area contributed by atoms with Gasteiger partial charge in [0.2, 0.25) is 0 Å². The highest BCUT2D eigenvalue weighted by Crippen LogP contribution is 2.15. The molecule has 1 saturated heterocycles. The average Bonchev–Trinajstić information content (AvgIpc) is 2.29. The van der Waals surface area contributed by atoms with Crippen LogP contribution in [0.25, 0.3) is 0 Å². The van der Waals surface area contributed by atoms with Gasteiger partial charge in [0.1, 0.15) is 6.04 Å². The van der Waals surface area contributed by atoms with Gasteiger partial charge in [-0.3, -0.25) is 14.5 Å². The van der Waals surface area contributed by atoms with Crippen LogP contribution in [0.15, 0.2) is 0 Å². The summed E-state index contributed by atoms with van der Waals surface area (Å²) in [6.07, 6.45) is 0.322. The van der Waals surface area contributed by atoms with Crippen molar-refractivity contribution in [2.45, 2.75) is 18.5 Å². The number of carboxylic acids is 2. The number of aliphatic carboxylic acids is 2. The van der Waals surface area contributed by atoms with E-state index in [-0.39, 0.29) is 12.6 Å². The zero-order chi connectivity index (χ0) is 10.0. The molecule has 4 N–H and O–H groups in total. The van der Waals surface area contributed by atoms with Crippen LogP contribution in [0.4, 0.5) is 0 Å². The second-order valence-corrected chi connectivity index (χ2v) is 3.17. The van der Waals surface area contributed by atoms with Gasteiger partial charge in [0, 0.05) is 12.6 Å². The topological polar surface area (TPSA) is 104 Å². The van der Waals surface area contributed by atoms with Crippen molar-refractivity contribution < 1.29 is 19.8 Å². The molecule has 6 heteroatoms. The Bertz CT molecular complexity index is 231. The summed E-state index contributed by atoms with van der Waals surface area (Å²) in [6.45, 7) is 0.0773. The van der Waals surface area contributed by atoms with E-state index in [9.17, 15) is 9.59 Å². The third kappa shape index (κ3) is 2.40. The smallest absolute Gasteiger partial charge is 0.320 e. The molecular formula is C7H12N2O4. The Morgan fingerprint density at radius 3 is 2.54 bits per heavy atom. The predicted octanol–water partition coefficient (Wildman–Crippen LogP) is -1.44. The highest BCUT2D eigenvalue weighted by Gasteiger charge is 2.35. The fourth-order valence-electron chi connectivity index (χ4n) is 1.54. The maximum absolute atomic E-state index is 10.6. The highest BCUT2D eigenvalue weighted by atomic mass is 16.4. The average molecular weight is 188 g/mol. The first kappa shape index (κ1) is 9.94. The monoisotopic (exact) mass is 188 g/mol. The van der Waals surface area contributed by atoms with E-state index >= 15 is 0 Å². The molecule has 0 saturated carbocycles. The van der Waals surface area contributed by atoms with Gasteiger partial charge >= 0.3 is 11.9 Å². The van der Waals surface area contributed by atoms with Crippen LogP contribution in [-0.4, -0.2) is 52.2 Å². The van der Waals surface area contributed by atoms with E-state index < -0.39 is 18.0 Å². The van der Waals surface area contributed by atoms with Crippen LogP contribution in [0.5, 0.6) is 0 Å². The lowest BCUT2D eigenvalue weighted by Gasteiger charge is -2.17. The van der Waals surface area contributed by atoms with Gasteiger partial charge in [0.15, 0.2) is 0 Å². The number of nitrogens with two attached hydrogens (primary N) is 1. The zero-order valence-corrected chi connectivity index (χ0v) is 7.01. The molecular weight excluding hydrogens is 176 g/mol. The standard InChI is InChI=1S/C7H12N2O4/c8-4-1-5(7(12)13)9(2-4)3-6(10)11/h4-5H,1-3,8H2,(H,10,11)(H,12,13). The van der Waals surface area contributed by atoms with E-state index in [4.69, 9.17) is 15.9 Å². The van der Waals surface area contributed by atoms with Crippen molar-refractivity contribution in [1.29, 1.82) is 0 Å². The van der Waals surface area contributed by atoms with E-state index in [1.54, 1.807) is 0 Å². The molecule has 13 heavy (non-hydrogen) atoms. The molecule has 0 aromatic rings. The summed E-state index contributed by atoms with van der Waals surface area (Å²) >= 11 is 0.